The first-order chi connectivity index (χ1) is 14.1. The molecule has 29 heavy (non-hydrogen) atoms. The number of carbonyl (C=O) groups is 1. The van der Waals surface area contributed by atoms with Crippen LogP contribution in [0.2, 0.25) is 0 Å². The number of anilines is 1. The van der Waals surface area contributed by atoms with Gasteiger partial charge in [0.25, 0.3) is 0 Å². The van der Waals surface area contributed by atoms with E-state index in [0.717, 1.165) is 10.8 Å². The van der Waals surface area contributed by atoms with Gasteiger partial charge < -0.3 is 19.5 Å². The molecular weight excluding hydrogens is 390 g/mol. The van der Waals surface area contributed by atoms with Crippen molar-refractivity contribution >= 4 is 22.9 Å². The van der Waals surface area contributed by atoms with E-state index in [-0.39, 0.29) is 12.3 Å². The van der Waals surface area contributed by atoms with Crippen molar-refractivity contribution in [3.63, 3.8) is 0 Å². The summed E-state index contributed by atoms with van der Waals surface area (Å²) in [5, 5.41) is 5.51. The number of aromatic nitrogens is 2. The van der Waals surface area contributed by atoms with Crippen LogP contribution in [0, 0.1) is 6.92 Å². The molecule has 2 aromatic heterocycles. The van der Waals surface area contributed by atoms with Crippen molar-refractivity contribution in [1.82, 2.24) is 9.97 Å². The maximum atomic E-state index is 12.4. The summed E-state index contributed by atoms with van der Waals surface area (Å²) in [5.41, 5.74) is 2.40. The summed E-state index contributed by atoms with van der Waals surface area (Å²) in [6.45, 7) is 3.20. The van der Waals surface area contributed by atoms with E-state index in [1.165, 1.54) is 16.9 Å². The lowest BCUT2D eigenvalue weighted by atomic mass is 10.2. The maximum Gasteiger partial charge on any atom is 0.237 e. The summed E-state index contributed by atoms with van der Waals surface area (Å²) in [7, 11) is 1.60. The van der Waals surface area contributed by atoms with Crippen LogP contribution in [-0.2, 0) is 22.6 Å². The van der Waals surface area contributed by atoms with Gasteiger partial charge in [-0.25, -0.2) is 9.97 Å². The molecule has 3 rings (SSSR count). The van der Waals surface area contributed by atoms with E-state index in [0.29, 0.717) is 37.1 Å². The second kappa shape index (κ2) is 10.5. The lowest BCUT2D eigenvalue weighted by Gasteiger charge is -2.10. The second-order valence-electron chi connectivity index (χ2n) is 6.26. The molecule has 3 aromatic rings. The molecule has 0 bridgehead atoms. The first kappa shape index (κ1) is 20.8. The smallest absolute Gasteiger partial charge is 0.237 e. The van der Waals surface area contributed by atoms with Crippen molar-refractivity contribution in [2.45, 2.75) is 20.0 Å². The fraction of sp³-hybridized carbons (Fsp3) is 0.286. The van der Waals surface area contributed by atoms with Crippen molar-refractivity contribution < 1.29 is 19.0 Å². The summed E-state index contributed by atoms with van der Waals surface area (Å²) >= 11 is 1.47. The van der Waals surface area contributed by atoms with Crippen LogP contribution in [0.25, 0.3) is 0 Å². The zero-order valence-electron chi connectivity index (χ0n) is 16.4. The molecule has 2 heterocycles. The number of benzene rings is 1. The molecule has 0 aliphatic carbocycles. The fourth-order valence-electron chi connectivity index (χ4n) is 2.46. The monoisotopic (exact) mass is 413 g/mol. The van der Waals surface area contributed by atoms with E-state index in [1.807, 2.05) is 36.6 Å². The van der Waals surface area contributed by atoms with Gasteiger partial charge in [-0.3, -0.25) is 4.79 Å². The Kier molecular flexibility index (Phi) is 7.54. The van der Waals surface area contributed by atoms with Crippen molar-refractivity contribution in [1.29, 1.82) is 0 Å². The highest BCUT2D eigenvalue weighted by Gasteiger charge is 2.12. The Morgan fingerprint density at radius 2 is 1.97 bits per heavy atom. The molecule has 8 heteroatoms. The van der Waals surface area contributed by atoms with Gasteiger partial charge in [0.05, 0.1) is 18.7 Å². The molecule has 1 amide bonds. The molecule has 1 aromatic carbocycles. The van der Waals surface area contributed by atoms with Crippen molar-refractivity contribution in [3.8, 4) is 11.6 Å². The van der Waals surface area contributed by atoms with Crippen LogP contribution < -0.4 is 14.8 Å². The fourth-order valence-corrected chi connectivity index (χ4v) is 3.16. The Hall–Kier alpha value is -2.97. The number of thiazole rings is 1. The molecular formula is C21H23N3O4S. The third kappa shape index (κ3) is 6.55. The Bertz CT molecular complexity index is 928. The van der Waals surface area contributed by atoms with Gasteiger partial charge in [0, 0.05) is 18.7 Å². The number of pyridine rings is 1. The van der Waals surface area contributed by atoms with Gasteiger partial charge in [-0.15, -0.1) is 11.3 Å². The van der Waals surface area contributed by atoms with E-state index >= 15 is 0 Å². The average Bonchev–Trinajstić information content (AvgIpc) is 3.16. The van der Waals surface area contributed by atoms with Crippen LogP contribution in [0.1, 0.15) is 16.3 Å². The highest BCUT2D eigenvalue weighted by atomic mass is 32.1. The molecule has 152 valence electrons. The molecule has 1 N–H and O–H groups in total. The third-order valence-electron chi connectivity index (χ3n) is 3.90. The topological polar surface area (TPSA) is 82.6 Å². The third-order valence-corrected chi connectivity index (χ3v) is 4.77. The van der Waals surface area contributed by atoms with Crippen LogP contribution in [0.4, 0.5) is 5.69 Å². The largest absolute Gasteiger partial charge is 0.486 e. The van der Waals surface area contributed by atoms with Crippen molar-refractivity contribution in [2.75, 3.05) is 25.6 Å². The molecule has 0 saturated heterocycles. The van der Waals surface area contributed by atoms with Gasteiger partial charge in [0.2, 0.25) is 11.8 Å². The molecule has 0 atom stereocenters. The number of rotatable bonds is 10. The minimum absolute atomic E-state index is 0.160. The van der Waals surface area contributed by atoms with Crippen LogP contribution in [-0.4, -0.2) is 36.2 Å². The first-order valence-corrected chi connectivity index (χ1v) is 10.0. The minimum atomic E-state index is -0.189. The minimum Gasteiger partial charge on any atom is -0.486 e. The van der Waals surface area contributed by atoms with Crippen molar-refractivity contribution in [3.05, 3.63) is 64.2 Å². The number of nitrogens with one attached hydrogen (secondary N) is 1. The predicted molar refractivity (Wildman–Crippen MR) is 112 cm³/mol. The van der Waals surface area contributed by atoms with Crippen LogP contribution in [0.15, 0.2) is 48.0 Å². The molecule has 0 aliphatic heterocycles. The van der Waals surface area contributed by atoms with Gasteiger partial charge in [0.15, 0.2) is 0 Å². The molecule has 0 spiro atoms. The van der Waals surface area contributed by atoms with Crippen molar-refractivity contribution in [2.24, 2.45) is 0 Å². The summed E-state index contributed by atoms with van der Waals surface area (Å²) in [4.78, 5) is 21.0. The van der Waals surface area contributed by atoms with E-state index in [4.69, 9.17) is 14.2 Å². The number of aryl methyl sites for hydroxylation is 1. The lowest BCUT2D eigenvalue weighted by Crippen LogP contribution is -2.16. The Morgan fingerprint density at radius 1 is 1.14 bits per heavy atom. The number of hydrogen-bond acceptors (Lipinski definition) is 7. The normalized spacial score (nSPS) is 10.6. The summed E-state index contributed by atoms with van der Waals surface area (Å²) in [6, 6.07) is 11.3. The lowest BCUT2D eigenvalue weighted by molar-refractivity contribution is -0.115. The van der Waals surface area contributed by atoms with Gasteiger partial charge >= 0.3 is 0 Å². The summed E-state index contributed by atoms with van der Waals surface area (Å²) in [6.07, 6.45) is 1.77. The quantitative estimate of drug-likeness (QED) is 0.511. The van der Waals surface area contributed by atoms with Crippen LogP contribution >= 0.6 is 11.3 Å². The highest BCUT2D eigenvalue weighted by Crippen LogP contribution is 2.21. The SMILES string of the molecule is COCCOc1ncccc1NC(=O)Cc1csc(COc2ccc(C)cc2)n1. The van der Waals surface area contributed by atoms with Crippen LogP contribution in [0.3, 0.4) is 0 Å². The number of amides is 1. The Labute approximate surface area is 173 Å². The zero-order chi connectivity index (χ0) is 20.5. The Morgan fingerprint density at radius 3 is 2.76 bits per heavy atom. The second-order valence-corrected chi connectivity index (χ2v) is 7.20. The number of hydrogen-bond donors (Lipinski definition) is 1. The van der Waals surface area contributed by atoms with E-state index < -0.39 is 0 Å². The van der Waals surface area contributed by atoms with Crippen LogP contribution in [0.5, 0.6) is 11.6 Å². The zero-order valence-corrected chi connectivity index (χ0v) is 17.2. The number of ether oxygens (including phenoxy) is 3. The number of methoxy groups -OCH3 is 1. The molecule has 0 saturated carbocycles. The standard InChI is InChI=1S/C21H23N3O4S/c1-15-5-7-17(8-6-15)28-13-20-23-16(14-29-20)12-19(25)24-18-4-3-9-22-21(18)27-11-10-26-2/h3-9,14H,10-13H2,1-2H3,(H,24,25). The molecule has 7 nitrogen and oxygen atoms in total. The number of nitrogens with zero attached hydrogens (tertiary/aromatic N) is 2. The summed E-state index contributed by atoms with van der Waals surface area (Å²) < 4.78 is 16.2. The predicted octanol–water partition coefficient (Wildman–Crippen LogP) is 3.63. The van der Waals surface area contributed by atoms with Gasteiger partial charge in [-0.1, -0.05) is 17.7 Å². The highest BCUT2D eigenvalue weighted by molar-refractivity contribution is 7.09. The van der Waals surface area contributed by atoms with Gasteiger partial charge in [-0.2, -0.15) is 0 Å². The maximum absolute atomic E-state index is 12.4. The molecule has 0 fully saturated rings. The van der Waals surface area contributed by atoms with E-state index in [2.05, 4.69) is 15.3 Å². The van der Waals surface area contributed by atoms with E-state index in [9.17, 15) is 4.79 Å². The Balaban J connectivity index is 1.52. The first-order valence-electron chi connectivity index (χ1n) is 9.13. The molecule has 0 unspecified atom stereocenters. The average molecular weight is 413 g/mol. The molecule has 0 aliphatic rings. The van der Waals surface area contributed by atoms with Gasteiger partial charge in [0.1, 0.15) is 29.7 Å². The molecule has 0 radical (unpaired) electrons. The summed E-state index contributed by atoms with van der Waals surface area (Å²) in [5.74, 6) is 0.969. The van der Waals surface area contributed by atoms with E-state index in [1.54, 1.807) is 25.4 Å². The van der Waals surface area contributed by atoms with Gasteiger partial charge in [-0.05, 0) is 31.2 Å². The number of carbonyl (C=O) groups excluding carboxylic acids is 1.